The second-order valence-corrected chi connectivity index (χ2v) is 9.19. The lowest BCUT2D eigenvalue weighted by Crippen LogP contribution is -2.52. The van der Waals surface area contributed by atoms with E-state index >= 15 is 0 Å². The monoisotopic (exact) mass is 347 g/mol. The average molecular weight is 348 g/mol. The lowest BCUT2D eigenvalue weighted by atomic mass is 9.47. The van der Waals surface area contributed by atoms with E-state index in [9.17, 15) is 0 Å². The zero-order chi connectivity index (χ0) is 18.8. The topological polar surface area (TPSA) is 63.3 Å². The Labute approximate surface area is 153 Å². The third-order valence-electron chi connectivity index (χ3n) is 7.17. The summed E-state index contributed by atoms with van der Waals surface area (Å²) < 4.78 is 0. The second kappa shape index (κ2) is 7.65. The SMILES string of the molecule is CC(=O)O.CC(C)C1=CC2=CCC3[C@@](C)(CN)CCC[C@]3(C)[C@@H]2CC1. The smallest absolute Gasteiger partial charge is 0.300 e. The van der Waals surface area contributed by atoms with Gasteiger partial charge in [0, 0.05) is 6.92 Å². The van der Waals surface area contributed by atoms with E-state index in [1.807, 2.05) is 0 Å². The summed E-state index contributed by atoms with van der Waals surface area (Å²) in [6.07, 6.45) is 13.1. The molecule has 4 atom stereocenters. The number of rotatable bonds is 2. The lowest BCUT2D eigenvalue weighted by Gasteiger charge is -2.58. The second-order valence-electron chi connectivity index (χ2n) is 9.19. The highest BCUT2D eigenvalue weighted by Crippen LogP contribution is 2.61. The predicted octanol–water partition coefficient (Wildman–Crippen LogP) is 5.17. The minimum absolute atomic E-state index is 0.358. The van der Waals surface area contributed by atoms with Crippen LogP contribution in [0.15, 0.2) is 23.3 Å². The molecule has 3 heteroatoms. The molecule has 3 rings (SSSR count). The van der Waals surface area contributed by atoms with Gasteiger partial charge >= 0.3 is 0 Å². The largest absolute Gasteiger partial charge is 0.481 e. The summed E-state index contributed by atoms with van der Waals surface area (Å²) in [5.74, 6) is 1.44. The molecule has 0 aromatic rings. The van der Waals surface area contributed by atoms with Gasteiger partial charge in [-0.3, -0.25) is 4.79 Å². The Morgan fingerprint density at radius 3 is 2.56 bits per heavy atom. The van der Waals surface area contributed by atoms with E-state index in [1.165, 1.54) is 38.5 Å². The highest BCUT2D eigenvalue weighted by molar-refractivity contribution is 5.62. The quantitative estimate of drug-likeness (QED) is 0.724. The van der Waals surface area contributed by atoms with Crippen LogP contribution in [0.2, 0.25) is 0 Å². The number of aliphatic carboxylic acids is 1. The molecule has 1 fully saturated rings. The van der Waals surface area contributed by atoms with E-state index in [0.29, 0.717) is 16.7 Å². The van der Waals surface area contributed by atoms with Crippen molar-refractivity contribution in [3.8, 4) is 0 Å². The van der Waals surface area contributed by atoms with Gasteiger partial charge in [-0.25, -0.2) is 0 Å². The van der Waals surface area contributed by atoms with Gasteiger partial charge < -0.3 is 10.8 Å². The van der Waals surface area contributed by atoms with Crippen molar-refractivity contribution >= 4 is 5.97 Å². The van der Waals surface area contributed by atoms with Crippen LogP contribution in [-0.4, -0.2) is 17.6 Å². The Balaban J connectivity index is 0.000000511. The average Bonchev–Trinajstić information content (AvgIpc) is 2.53. The van der Waals surface area contributed by atoms with Gasteiger partial charge in [0.25, 0.3) is 5.97 Å². The van der Waals surface area contributed by atoms with Gasteiger partial charge in [-0.15, -0.1) is 0 Å². The van der Waals surface area contributed by atoms with Crippen molar-refractivity contribution in [2.75, 3.05) is 6.54 Å². The molecule has 0 heterocycles. The van der Waals surface area contributed by atoms with Crippen LogP contribution in [0.1, 0.15) is 73.1 Å². The minimum atomic E-state index is -0.833. The summed E-state index contributed by atoms with van der Waals surface area (Å²) in [5.41, 5.74) is 10.4. The first-order valence-corrected chi connectivity index (χ1v) is 9.94. The van der Waals surface area contributed by atoms with Crippen LogP contribution in [0.5, 0.6) is 0 Å². The first kappa shape index (κ1) is 20.2. The number of hydrogen-bond acceptors (Lipinski definition) is 2. The Bertz CT molecular complexity index is 558. The Hall–Kier alpha value is -1.09. The molecular weight excluding hydrogens is 310 g/mol. The van der Waals surface area contributed by atoms with E-state index < -0.39 is 5.97 Å². The summed E-state index contributed by atoms with van der Waals surface area (Å²) in [6, 6.07) is 0. The first-order valence-electron chi connectivity index (χ1n) is 9.94. The molecule has 0 aliphatic heterocycles. The van der Waals surface area contributed by atoms with Gasteiger partial charge in [-0.1, -0.05) is 51.8 Å². The third-order valence-corrected chi connectivity index (χ3v) is 7.17. The first-order chi connectivity index (χ1) is 11.6. The van der Waals surface area contributed by atoms with Gasteiger partial charge in [-0.05, 0) is 72.8 Å². The van der Waals surface area contributed by atoms with Gasteiger partial charge in [-0.2, -0.15) is 0 Å². The maximum atomic E-state index is 9.00. The van der Waals surface area contributed by atoms with Crippen molar-refractivity contribution < 1.29 is 9.90 Å². The zero-order valence-corrected chi connectivity index (χ0v) is 16.8. The number of carboxylic acids is 1. The standard InChI is InChI=1S/C20H33N.C2H4O2/c1-14(2)15-6-8-17-16(12-15)7-9-18-19(3,13-21)10-5-11-20(17,18)4;1-2(3)4/h7,12,14,17-18H,5-6,8-11,13,21H2,1-4H3;1H3,(H,3,4)/t17-,18?,19-,20-;/m1./s1. The molecule has 0 spiro atoms. The fourth-order valence-electron chi connectivity index (χ4n) is 5.72. The predicted molar refractivity (Wildman–Crippen MR) is 104 cm³/mol. The van der Waals surface area contributed by atoms with Crippen molar-refractivity contribution in [2.45, 2.75) is 73.1 Å². The van der Waals surface area contributed by atoms with Gasteiger partial charge in [0.1, 0.15) is 0 Å². The molecule has 0 saturated heterocycles. The number of nitrogens with two attached hydrogens (primary N) is 1. The fourth-order valence-corrected chi connectivity index (χ4v) is 5.72. The van der Waals surface area contributed by atoms with E-state index in [1.54, 1.807) is 11.1 Å². The highest BCUT2D eigenvalue weighted by atomic mass is 16.4. The van der Waals surface area contributed by atoms with Crippen molar-refractivity contribution in [3.63, 3.8) is 0 Å². The fraction of sp³-hybridized carbons (Fsp3) is 0.773. The molecule has 3 aliphatic carbocycles. The van der Waals surface area contributed by atoms with Crippen LogP contribution in [0.25, 0.3) is 0 Å². The maximum Gasteiger partial charge on any atom is 0.300 e. The molecule has 1 saturated carbocycles. The molecule has 0 bridgehead atoms. The van der Waals surface area contributed by atoms with Crippen molar-refractivity contribution in [1.82, 2.24) is 0 Å². The van der Waals surface area contributed by atoms with Crippen LogP contribution in [0.4, 0.5) is 0 Å². The molecule has 3 nitrogen and oxygen atoms in total. The molecule has 0 aromatic carbocycles. The number of hydrogen-bond donors (Lipinski definition) is 2. The number of carboxylic acid groups (broad SMARTS) is 1. The molecule has 0 aromatic heterocycles. The van der Waals surface area contributed by atoms with E-state index in [4.69, 9.17) is 15.6 Å². The van der Waals surface area contributed by atoms with Gasteiger partial charge in [0.15, 0.2) is 0 Å². The molecule has 1 unspecified atom stereocenters. The van der Waals surface area contributed by atoms with E-state index in [2.05, 4.69) is 39.8 Å². The molecule has 0 radical (unpaired) electrons. The van der Waals surface area contributed by atoms with Crippen LogP contribution >= 0.6 is 0 Å². The summed E-state index contributed by atoms with van der Waals surface area (Å²) >= 11 is 0. The van der Waals surface area contributed by atoms with E-state index in [-0.39, 0.29) is 0 Å². The lowest BCUT2D eigenvalue weighted by molar-refractivity contribution is -0.134. The summed E-state index contributed by atoms with van der Waals surface area (Å²) in [6.45, 7) is 11.7. The minimum Gasteiger partial charge on any atom is -0.481 e. The highest BCUT2D eigenvalue weighted by Gasteiger charge is 2.53. The summed E-state index contributed by atoms with van der Waals surface area (Å²) in [7, 11) is 0. The molecule has 3 aliphatic rings. The molecule has 3 N–H and O–H groups in total. The summed E-state index contributed by atoms with van der Waals surface area (Å²) in [5, 5.41) is 7.42. The molecular formula is C22H37NO2. The Morgan fingerprint density at radius 2 is 2.00 bits per heavy atom. The molecule has 0 amide bonds. The summed E-state index contributed by atoms with van der Waals surface area (Å²) in [4.78, 5) is 9.00. The number of allylic oxidation sites excluding steroid dienone is 4. The van der Waals surface area contributed by atoms with E-state index in [0.717, 1.165) is 25.3 Å². The third kappa shape index (κ3) is 4.02. The number of carbonyl (C=O) groups is 1. The van der Waals surface area contributed by atoms with Crippen molar-refractivity contribution in [1.29, 1.82) is 0 Å². The van der Waals surface area contributed by atoms with Gasteiger partial charge in [0.05, 0.1) is 0 Å². The van der Waals surface area contributed by atoms with Crippen molar-refractivity contribution in [3.05, 3.63) is 23.3 Å². The maximum absolute atomic E-state index is 9.00. The van der Waals surface area contributed by atoms with Crippen LogP contribution < -0.4 is 5.73 Å². The Kier molecular flexibility index (Phi) is 6.19. The molecule has 25 heavy (non-hydrogen) atoms. The van der Waals surface area contributed by atoms with Crippen molar-refractivity contribution in [2.24, 2.45) is 34.3 Å². The van der Waals surface area contributed by atoms with Crippen LogP contribution in [-0.2, 0) is 4.79 Å². The van der Waals surface area contributed by atoms with Crippen LogP contribution in [0, 0.1) is 28.6 Å². The Morgan fingerprint density at radius 1 is 1.36 bits per heavy atom. The van der Waals surface area contributed by atoms with Crippen LogP contribution in [0.3, 0.4) is 0 Å². The van der Waals surface area contributed by atoms with Gasteiger partial charge in [0.2, 0.25) is 0 Å². The number of fused-ring (bicyclic) bond motifs is 3. The normalized spacial score (nSPS) is 37.1. The molecule has 142 valence electrons. The zero-order valence-electron chi connectivity index (χ0n) is 16.8.